The number of carbonyl (C=O) groups excluding carboxylic acids is 4. The Morgan fingerprint density at radius 2 is 1.66 bits per heavy atom. The van der Waals surface area contributed by atoms with E-state index in [0.29, 0.717) is 32.5 Å². The van der Waals surface area contributed by atoms with Crippen LogP contribution in [0.4, 0.5) is 0 Å². The number of amides is 3. The Kier molecular flexibility index (Phi) is 7.34. The topological polar surface area (TPSA) is 84.0 Å². The van der Waals surface area contributed by atoms with E-state index in [1.54, 1.807) is 11.8 Å². The predicted molar refractivity (Wildman–Crippen MR) is 130 cm³/mol. The van der Waals surface area contributed by atoms with Gasteiger partial charge in [-0.1, -0.05) is 54.6 Å². The van der Waals surface area contributed by atoms with Crippen LogP contribution >= 0.6 is 0 Å². The van der Waals surface area contributed by atoms with Gasteiger partial charge in [-0.2, -0.15) is 0 Å². The average molecular weight is 477 g/mol. The van der Waals surface area contributed by atoms with Crippen LogP contribution in [0, 0.1) is 12.8 Å². The highest BCUT2D eigenvalue weighted by atomic mass is 16.5. The molecule has 3 amide bonds. The molecule has 1 unspecified atom stereocenters. The summed E-state index contributed by atoms with van der Waals surface area (Å²) in [5, 5.41) is 0. The van der Waals surface area contributed by atoms with Crippen LogP contribution in [0.5, 0.6) is 0 Å². The number of hydrogen-bond acceptors (Lipinski definition) is 5. The second kappa shape index (κ2) is 10.4. The molecule has 2 aromatic carbocycles. The molecule has 2 aliphatic rings. The van der Waals surface area contributed by atoms with Gasteiger partial charge in [0.15, 0.2) is 0 Å². The van der Waals surface area contributed by atoms with E-state index in [9.17, 15) is 19.2 Å². The third kappa shape index (κ3) is 4.99. The average Bonchev–Trinajstić information content (AvgIpc) is 3.10. The minimum absolute atomic E-state index is 0.0332. The molecule has 1 atom stereocenters. The Balaban J connectivity index is 1.57. The number of ether oxygens (including phenoxy) is 1. The Hall–Kier alpha value is -3.48. The van der Waals surface area contributed by atoms with E-state index < -0.39 is 5.41 Å². The molecule has 184 valence electrons. The summed E-state index contributed by atoms with van der Waals surface area (Å²) in [6.45, 7) is 5.08. The number of aryl methyl sites for hydroxylation is 1. The van der Waals surface area contributed by atoms with Crippen LogP contribution in [0.1, 0.15) is 49.3 Å². The molecule has 35 heavy (non-hydrogen) atoms. The molecule has 0 saturated carbocycles. The minimum atomic E-state index is -1.23. The number of likely N-dealkylation sites (tertiary alicyclic amines) is 2. The first-order chi connectivity index (χ1) is 16.9. The molecule has 2 aromatic rings. The van der Waals surface area contributed by atoms with Gasteiger partial charge < -0.3 is 9.64 Å². The number of nitrogens with zero attached hydrogens (tertiary/aromatic N) is 2. The Morgan fingerprint density at radius 3 is 2.31 bits per heavy atom. The van der Waals surface area contributed by atoms with Crippen molar-refractivity contribution >= 4 is 23.7 Å². The summed E-state index contributed by atoms with van der Waals surface area (Å²) in [6, 6.07) is 16.9. The van der Waals surface area contributed by atoms with Crippen LogP contribution in [0.25, 0.3) is 0 Å². The Labute approximate surface area is 206 Å². The van der Waals surface area contributed by atoms with Crippen molar-refractivity contribution in [1.29, 1.82) is 0 Å². The molecular weight excluding hydrogens is 444 g/mol. The van der Waals surface area contributed by atoms with Gasteiger partial charge >= 0.3 is 5.97 Å². The van der Waals surface area contributed by atoms with Crippen LogP contribution in [-0.2, 0) is 35.9 Å². The maximum Gasteiger partial charge on any atom is 0.309 e. The lowest BCUT2D eigenvalue weighted by molar-refractivity contribution is -0.151. The molecule has 2 heterocycles. The van der Waals surface area contributed by atoms with Crippen molar-refractivity contribution in [3.8, 4) is 0 Å². The van der Waals surface area contributed by atoms with Crippen molar-refractivity contribution in [2.24, 2.45) is 5.92 Å². The first-order valence-corrected chi connectivity index (χ1v) is 12.2. The van der Waals surface area contributed by atoms with Crippen molar-refractivity contribution in [1.82, 2.24) is 9.80 Å². The Bertz CT molecular complexity index is 1110. The van der Waals surface area contributed by atoms with Gasteiger partial charge in [0.25, 0.3) is 0 Å². The van der Waals surface area contributed by atoms with E-state index in [1.807, 2.05) is 61.5 Å². The van der Waals surface area contributed by atoms with E-state index in [-0.39, 0.29) is 49.0 Å². The van der Waals surface area contributed by atoms with E-state index in [4.69, 9.17) is 4.74 Å². The number of carbonyl (C=O) groups is 4. The molecule has 0 N–H and O–H groups in total. The molecule has 0 bridgehead atoms. The minimum Gasteiger partial charge on any atom is -0.466 e. The van der Waals surface area contributed by atoms with Gasteiger partial charge in [0.2, 0.25) is 17.7 Å². The summed E-state index contributed by atoms with van der Waals surface area (Å²) < 4.78 is 5.13. The largest absolute Gasteiger partial charge is 0.466 e. The van der Waals surface area contributed by atoms with Crippen LogP contribution < -0.4 is 0 Å². The molecule has 0 radical (unpaired) electrons. The molecule has 0 spiro atoms. The van der Waals surface area contributed by atoms with Gasteiger partial charge in [-0.15, -0.1) is 0 Å². The highest BCUT2D eigenvalue weighted by Gasteiger charge is 2.54. The number of imide groups is 1. The van der Waals surface area contributed by atoms with Gasteiger partial charge in [-0.25, -0.2) is 0 Å². The standard InChI is InChI=1S/C28H32N2O5/c1-3-35-26(33)22-13-15-29(16-14-22)24(31)17-28(23-12-8-7-9-20(23)2)18-25(32)30(27(28)34)19-21-10-5-4-6-11-21/h4-12,22H,3,13-19H2,1-2H3. The maximum atomic E-state index is 13.9. The highest BCUT2D eigenvalue weighted by molar-refractivity contribution is 6.10. The van der Waals surface area contributed by atoms with Gasteiger partial charge in [0, 0.05) is 25.9 Å². The third-order valence-electron chi connectivity index (χ3n) is 7.17. The van der Waals surface area contributed by atoms with Crippen molar-refractivity contribution in [2.45, 2.75) is 51.5 Å². The summed E-state index contributed by atoms with van der Waals surface area (Å²) in [4.78, 5) is 55.6. The van der Waals surface area contributed by atoms with Gasteiger partial charge in [-0.05, 0) is 43.4 Å². The fourth-order valence-corrected chi connectivity index (χ4v) is 5.28. The highest BCUT2D eigenvalue weighted by Crippen LogP contribution is 2.42. The zero-order chi connectivity index (χ0) is 25.0. The van der Waals surface area contributed by atoms with Crippen molar-refractivity contribution < 1.29 is 23.9 Å². The lowest BCUT2D eigenvalue weighted by Crippen LogP contribution is -2.46. The maximum absolute atomic E-state index is 13.9. The monoisotopic (exact) mass is 476 g/mol. The van der Waals surface area contributed by atoms with E-state index in [2.05, 4.69) is 0 Å². The molecule has 0 aliphatic carbocycles. The fourth-order valence-electron chi connectivity index (χ4n) is 5.28. The molecule has 0 aromatic heterocycles. The number of piperidine rings is 1. The normalized spacial score (nSPS) is 20.9. The van der Waals surface area contributed by atoms with E-state index >= 15 is 0 Å². The summed E-state index contributed by atoms with van der Waals surface area (Å²) in [7, 11) is 0. The molecule has 7 heteroatoms. The lowest BCUT2D eigenvalue weighted by Gasteiger charge is -2.34. The number of benzene rings is 2. The fraction of sp³-hybridized carbons (Fsp3) is 0.429. The van der Waals surface area contributed by atoms with Crippen LogP contribution in [0.15, 0.2) is 54.6 Å². The number of esters is 1. The summed E-state index contributed by atoms with van der Waals surface area (Å²) in [5.41, 5.74) is 1.24. The Morgan fingerprint density at radius 1 is 1.00 bits per heavy atom. The van der Waals surface area contributed by atoms with Gasteiger partial charge in [-0.3, -0.25) is 24.1 Å². The molecule has 2 aliphatic heterocycles. The third-order valence-corrected chi connectivity index (χ3v) is 7.17. The second-order valence-corrected chi connectivity index (χ2v) is 9.43. The molecule has 7 nitrogen and oxygen atoms in total. The zero-order valence-corrected chi connectivity index (χ0v) is 20.4. The van der Waals surface area contributed by atoms with Gasteiger partial charge in [0.1, 0.15) is 0 Å². The summed E-state index contributed by atoms with van der Waals surface area (Å²) in [6.07, 6.45) is 0.968. The smallest absolute Gasteiger partial charge is 0.309 e. The van der Waals surface area contributed by atoms with E-state index in [1.165, 1.54) is 4.90 Å². The second-order valence-electron chi connectivity index (χ2n) is 9.43. The van der Waals surface area contributed by atoms with Crippen LogP contribution in [-0.4, -0.2) is 53.2 Å². The SMILES string of the molecule is CCOC(=O)C1CCN(C(=O)CC2(c3ccccc3C)CC(=O)N(Cc3ccccc3)C2=O)CC1. The quantitative estimate of drug-likeness (QED) is 0.452. The van der Waals surface area contributed by atoms with Crippen LogP contribution in [0.3, 0.4) is 0 Å². The molecule has 4 rings (SSSR count). The first-order valence-electron chi connectivity index (χ1n) is 12.2. The summed E-state index contributed by atoms with van der Waals surface area (Å²) in [5.74, 6) is -1.19. The predicted octanol–water partition coefficient (Wildman–Crippen LogP) is 3.38. The molecular formula is C28H32N2O5. The molecule has 2 saturated heterocycles. The van der Waals surface area contributed by atoms with Crippen molar-refractivity contribution in [3.05, 3.63) is 71.3 Å². The number of hydrogen-bond donors (Lipinski definition) is 0. The molecule has 2 fully saturated rings. The summed E-state index contributed by atoms with van der Waals surface area (Å²) >= 11 is 0. The zero-order valence-electron chi connectivity index (χ0n) is 20.4. The van der Waals surface area contributed by atoms with E-state index in [0.717, 1.165) is 16.7 Å². The van der Waals surface area contributed by atoms with Crippen molar-refractivity contribution in [3.63, 3.8) is 0 Å². The van der Waals surface area contributed by atoms with Crippen molar-refractivity contribution in [2.75, 3.05) is 19.7 Å². The van der Waals surface area contributed by atoms with Crippen LogP contribution in [0.2, 0.25) is 0 Å². The number of rotatable bonds is 7. The lowest BCUT2D eigenvalue weighted by atomic mass is 9.73. The first kappa shape index (κ1) is 24.6. The van der Waals surface area contributed by atoms with Gasteiger partial charge in [0.05, 0.1) is 24.5 Å².